The number of nitrogens with one attached hydrogen (secondary N) is 1. The summed E-state index contributed by atoms with van der Waals surface area (Å²) < 4.78 is 7.92. The first kappa shape index (κ1) is 14.9. The highest BCUT2D eigenvalue weighted by atomic mass is 16.3. The van der Waals surface area contributed by atoms with E-state index in [0.29, 0.717) is 0 Å². The summed E-state index contributed by atoms with van der Waals surface area (Å²) in [5.41, 5.74) is 1.17. The van der Waals surface area contributed by atoms with Gasteiger partial charge in [-0.15, -0.1) is 0 Å². The van der Waals surface area contributed by atoms with E-state index in [1.807, 2.05) is 10.9 Å². The van der Waals surface area contributed by atoms with Crippen molar-refractivity contribution in [1.82, 2.24) is 15.1 Å². The third-order valence-electron chi connectivity index (χ3n) is 3.35. The first-order chi connectivity index (χ1) is 9.78. The van der Waals surface area contributed by atoms with E-state index in [4.69, 9.17) is 4.42 Å². The summed E-state index contributed by atoms with van der Waals surface area (Å²) in [7, 11) is 0. The predicted octanol–water partition coefficient (Wildman–Crippen LogP) is 3.54. The van der Waals surface area contributed by atoms with Crippen molar-refractivity contribution in [1.29, 1.82) is 0 Å². The van der Waals surface area contributed by atoms with Crippen molar-refractivity contribution in [2.24, 2.45) is 0 Å². The van der Waals surface area contributed by atoms with Gasteiger partial charge in [0.15, 0.2) is 0 Å². The quantitative estimate of drug-likeness (QED) is 0.801. The molecule has 0 radical (unpaired) electrons. The van der Waals surface area contributed by atoms with Gasteiger partial charge in [0.2, 0.25) is 0 Å². The topological polar surface area (TPSA) is 43.0 Å². The summed E-state index contributed by atoms with van der Waals surface area (Å²) in [6.07, 6.45) is 7.17. The monoisotopic (exact) mass is 275 g/mol. The number of nitrogens with zero attached hydrogens (tertiary/aromatic N) is 2. The highest BCUT2D eigenvalue weighted by Crippen LogP contribution is 2.24. The number of aryl methyl sites for hydroxylation is 2. The minimum absolute atomic E-state index is 0.0980. The van der Waals surface area contributed by atoms with Gasteiger partial charge in [0.05, 0.1) is 12.2 Å². The fourth-order valence-electron chi connectivity index (χ4n) is 2.29. The van der Waals surface area contributed by atoms with Crippen molar-refractivity contribution in [3.63, 3.8) is 0 Å². The van der Waals surface area contributed by atoms with Crippen molar-refractivity contribution in [2.45, 2.75) is 52.6 Å². The molecule has 110 valence electrons. The first-order valence-corrected chi connectivity index (χ1v) is 7.62. The van der Waals surface area contributed by atoms with E-state index in [9.17, 15) is 0 Å². The molecule has 1 N–H and O–H groups in total. The van der Waals surface area contributed by atoms with Gasteiger partial charge in [-0.1, -0.05) is 20.8 Å². The molecule has 2 aromatic rings. The second-order valence-corrected chi connectivity index (χ2v) is 5.08. The average Bonchev–Trinajstić information content (AvgIpc) is 3.09. The SMILES string of the molecule is CCCNC(c1cnn(CCC)c1)c1ccc(CC)o1. The van der Waals surface area contributed by atoms with Gasteiger partial charge in [0.25, 0.3) is 0 Å². The molecule has 0 aliphatic carbocycles. The molecule has 4 nitrogen and oxygen atoms in total. The van der Waals surface area contributed by atoms with Crippen LogP contribution in [0.4, 0.5) is 0 Å². The van der Waals surface area contributed by atoms with Crippen LogP contribution in [-0.2, 0) is 13.0 Å². The van der Waals surface area contributed by atoms with Crippen LogP contribution >= 0.6 is 0 Å². The average molecular weight is 275 g/mol. The summed E-state index contributed by atoms with van der Waals surface area (Å²) in [4.78, 5) is 0. The van der Waals surface area contributed by atoms with Crippen LogP contribution in [0.3, 0.4) is 0 Å². The zero-order valence-corrected chi connectivity index (χ0v) is 12.7. The van der Waals surface area contributed by atoms with Crippen LogP contribution in [0.2, 0.25) is 0 Å². The van der Waals surface area contributed by atoms with E-state index in [0.717, 1.165) is 43.9 Å². The van der Waals surface area contributed by atoms with Crippen molar-refractivity contribution in [3.05, 3.63) is 41.6 Å². The Labute approximate surface area is 121 Å². The van der Waals surface area contributed by atoms with Gasteiger partial charge in [-0.2, -0.15) is 5.10 Å². The lowest BCUT2D eigenvalue weighted by Crippen LogP contribution is -2.22. The maximum Gasteiger partial charge on any atom is 0.125 e. The van der Waals surface area contributed by atoms with Crippen LogP contribution in [0.5, 0.6) is 0 Å². The van der Waals surface area contributed by atoms with Crippen LogP contribution < -0.4 is 5.32 Å². The van der Waals surface area contributed by atoms with Gasteiger partial charge in [0, 0.05) is 24.7 Å². The van der Waals surface area contributed by atoms with Crippen molar-refractivity contribution >= 4 is 0 Å². The summed E-state index contributed by atoms with van der Waals surface area (Å²) in [5.74, 6) is 2.01. The molecule has 1 unspecified atom stereocenters. The molecular weight excluding hydrogens is 250 g/mol. The van der Waals surface area contributed by atoms with E-state index < -0.39 is 0 Å². The molecule has 2 aromatic heterocycles. The lowest BCUT2D eigenvalue weighted by atomic mass is 10.1. The lowest BCUT2D eigenvalue weighted by molar-refractivity contribution is 0.421. The molecule has 2 heterocycles. The Kier molecular flexibility index (Phi) is 5.41. The highest BCUT2D eigenvalue weighted by Gasteiger charge is 2.18. The molecule has 0 saturated heterocycles. The summed E-state index contributed by atoms with van der Waals surface area (Å²) in [5, 5.41) is 7.97. The molecule has 20 heavy (non-hydrogen) atoms. The molecule has 0 bridgehead atoms. The standard InChI is InChI=1S/C16H25N3O/c1-4-9-17-16(15-8-7-14(6-3)20-15)13-11-18-19(12-13)10-5-2/h7-8,11-12,16-17H,4-6,9-10H2,1-3H3. The van der Waals surface area contributed by atoms with Crippen molar-refractivity contribution < 1.29 is 4.42 Å². The predicted molar refractivity (Wildman–Crippen MR) is 80.7 cm³/mol. The minimum Gasteiger partial charge on any atom is -0.464 e. The van der Waals surface area contributed by atoms with Gasteiger partial charge in [-0.3, -0.25) is 4.68 Å². The zero-order valence-electron chi connectivity index (χ0n) is 12.7. The molecule has 0 aliphatic rings. The Hall–Kier alpha value is -1.55. The fraction of sp³-hybridized carbons (Fsp3) is 0.562. The van der Waals surface area contributed by atoms with E-state index in [2.05, 4.69) is 49.5 Å². The van der Waals surface area contributed by atoms with Crippen LogP contribution in [-0.4, -0.2) is 16.3 Å². The largest absolute Gasteiger partial charge is 0.464 e. The Balaban J connectivity index is 2.21. The lowest BCUT2D eigenvalue weighted by Gasteiger charge is -2.14. The van der Waals surface area contributed by atoms with E-state index in [1.165, 1.54) is 5.56 Å². The molecule has 0 saturated carbocycles. The van der Waals surface area contributed by atoms with Crippen LogP contribution in [0.25, 0.3) is 0 Å². The second-order valence-electron chi connectivity index (χ2n) is 5.08. The summed E-state index contributed by atoms with van der Waals surface area (Å²) in [6, 6.07) is 4.23. The smallest absolute Gasteiger partial charge is 0.125 e. The number of aromatic nitrogens is 2. The molecule has 1 atom stereocenters. The van der Waals surface area contributed by atoms with Crippen LogP contribution in [0.15, 0.2) is 28.9 Å². The number of furan rings is 1. The Morgan fingerprint density at radius 3 is 2.75 bits per heavy atom. The summed E-state index contributed by atoms with van der Waals surface area (Å²) in [6.45, 7) is 8.36. The molecule has 0 spiro atoms. The van der Waals surface area contributed by atoms with Gasteiger partial charge >= 0.3 is 0 Å². The summed E-state index contributed by atoms with van der Waals surface area (Å²) >= 11 is 0. The minimum atomic E-state index is 0.0980. The number of hydrogen-bond donors (Lipinski definition) is 1. The third kappa shape index (κ3) is 3.51. The van der Waals surface area contributed by atoms with E-state index >= 15 is 0 Å². The van der Waals surface area contributed by atoms with Gasteiger partial charge < -0.3 is 9.73 Å². The number of hydrogen-bond acceptors (Lipinski definition) is 3. The van der Waals surface area contributed by atoms with E-state index in [-0.39, 0.29) is 6.04 Å². The van der Waals surface area contributed by atoms with Gasteiger partial charge in [-0.05, 0) is 31.5 Å². The van der Waals surface area contributed by atoms with Crippen LogP contribution in [0.1, 0.15) is 56.7 Å². The molecule has 0 fully saturated rings. The molecule has 0 aliphatic heterocycles. The maximum absolute atomic E-state index is 5.92. The molecule has 0 amide bonds. The first-order valence-electron chi connectivity index (χ1n) is 7.62. The maximum atomic E-state index is 5.92. The van der Waals surface area contributed by atoms with Crippen LogP contribution in [0, 0.1) is 0 Å². The fourth-order valence-corrected chi connectivity index (χ4v) is 2.29. The van der Waals surface area contributed by atoms with Crippen molar-refractivity contribution in [2.75, 3.05) is 6.54 Å². The molecule has 0 aromatic carbocycles. The normalized spacial score (nSPS) is 12.8. The Morgan fingerprint density at radius 1 is 1.25 bits per heavy atom. The molecular formula is C16H25N3O. The Morgan fingerprint density at radius 2 is 2.10 bits per heavy atom. The third-order valence-corrected chi connectivity index (χ3v) is 3.35. The molecule has 2 rings (SSSR count). The zero-order chi connectivity index (χ0) is 14.4. The second kappa shape index (κ2) is 7.29. The van der Waals surface area contributed by atoms with Gasteiger partial charge in [-0.25, -0.2) is 0 Å². The highest BCUT2D eigenvalue weighted by molar-refractivity contribution is 5.23. The molecule has 4 heteroatoms. The van der Waals surface area contributed by atoms with Crippen molar-refractivity contribution in [3.8, 4) is 0 Å². The number of rotatable bonds is 8. The Bertz CT molecular complexity index is 515. The van der Waals surface area contributed by atoms with E-state index in [1.54, 1.807) is 0 Å². The van der Waals surface area contributed by atoms with Gasteiger partial charge in [0.1, 0.15) is 11.5 Å².